The molecule has 2 aromatic rings. The fourth-order valence-electron chi connectivity index (χ4n) is 4.93. The van der Waals surface area contributed by atoms with E-state index in [0.717, 1.165) is 8.61 Å². The highest BCUT2D eigenvalue weighted by atomic mass is 32.2. The van der Waals surface area contributed by atoms with Crippen molar-refractivity contribution in [1.29, 1.82) is 0 Å². The molecule has 0 atom stereocenters. The predicted molar refractivity (Wildman–Crippen MR) is 195 cm³/mol. The van der Waals surface area contributed by atoms with Crippen molar-refractivity contribution in [3.05, 3.63) is 46.5 Å². The minimum Gasteiger partial charge on any atom is -0.497 e. The zero-order valence-electron chi connectivity index (χ0n) is 31.6. The number of carbonyl (C=O) groups excluding carboxylic acids is 3. The van der Waals surface area contributed by atoms with Crippen LogP contribution in [0.1, 0.15) is 55.9 Å². The molecule has 15 nitrogen and oxygen atoms in total. The van der Waals surface area contributed by atoms with Gasteiger partial charge in [0, 0.05) is 40.2 Å². The van der Waals surface area contributed by atoms with E-state index in [1.54, 1.807) is 72.7 Å². The molecular formula is C34H55N5O10S2. The molecule has 0 aliphatic heterocycles. The summed E-state index contributed by atoms with van der Waals surface area (Å²) in [5.41, 5.74) is 6.99. The fourth-order valence-corrected chi connectivity index (χ4v) is 7.99. The third-order valence-corrected chi connectivity index (χ3v) is 11.4. The number of methoxy groups -OCH3 is 2. The molecule has 2 rings (SSSR count). The summed E-state index contributed by atoms with van der Waals surface area (Å²) < 4.78 is 68.7. The van der Waals surface area contributed by atoms with Crippen molar-refractivity contribution >= 4 is 37.8 Å². The molecule has 0 heterocycles. The number of esters is 1. The lowest BCUT2D eigenvalue weighted by Crippen LogP contribution is -2.40. The number of nitrogens with two attached hydrogens (primary N) is 1. The Morgan fingerprint density at radius 1 is 0.706 bits per heavy atom. The summed E-state index contributed by atoms with van der Waals surface area (Å²) in [6, 6.07) is 6.60. The van der Waals surface area contributed by atoms with Crippen LogP contribution in [-0.2, 0) is 39.2 Å². The van der Waals surface area contributed by atoms with E-state index in [1.807, 2.05) is 0 Å². The first-order valence-corrected chi connectivity index (χ1v) is 19.1. The smallest absolute Gasteiger partial charge is 0.306 e. The lowest BCUT2D eigenvalue weighted by atomic mass is 10.1. The van der Waals surface area contributed by atoms with Crippen molar-refractivity contribution in [2.75, 3.05) is 61.0 Å². The van der Waals surface area contributed by atoms with E-state index in [9.17, 15) is 31.2 Å². The average molecular weight is 758 g/mol. The highest BCUT2D eigenvalue weighted by molar-refractivity contribution is 7.89. The molecule has 0 spiro atoms. The van der Waals surface area contributed by atoms with Gasteiger partial charge in [0.15, 0.2) is 0 Å². The number of benzene rings is 2. The van der Waals surface area contributed by atoms with Crippen molar-refractivity contribution in [1.82, 2.24) is 19.2 Å². The summed E-state index contributed by atoms with van der Waals surface area (Å²) in [4.78, 5) is 35.8. The number of amides is 2. The van der Waals surface area contributed by atoms with Crippen LogP contribution in [-0.4, -0.2) is 110 Å². The summed E-state index contributed by atoms with van der Waals surface area (Å²) in [5, 5.41) is 5.17. The molecule has 0 bridgehead atoms. The van der Waals surface area contributed by atoms with Gasteiger partial charge >= 0.3 is 5.97 Å². The number of nitrogens with one attached hydrogen (secondary N) is 2. The number of hydrogen-bond donors (Lipinski definition) is 3. The summed E-state index contributed by atoms with van der Waals surface area (Å²) in [5.74, 6) is 0.00273. The van der Waals surface area contributed by atoms with Crippen LogP contribution in [0, 0.1) is 27.7 Å². The van der Waals surface area contributed by atoms with E-state index >= 15 is 0 Å². The Morgan fingerprint density at radius 3 is 1.37 bits per heavy atom. The van der Waals surface area contributed by atoms with Crippen LogP contribution in [0.2, 0.25) is 0 Å². The molecule has 0 radical (unpaired) electrons. The van der Waals surface area contributed by atoms with Crippen molar-refractivity contribution in [3.63, 3.8) is 0 Å². The van der Waals surface area contributed by atoms with Gasteiger partial charge in [-0.15, -0.1) is 0 Å². The van der Waals surface area contributed by atoms with Crippen LogP contribution in [0.3, 0.4) is 0 Å². The standard InChI is InChI=1S/C20H32N2O6S.C14H23N3O4S/c1-14-11-16(27-7)12-15(2)19(14)29(25,26)22(6)13-17(23)21-10-8-9-18(24)28-20(3,4)5;1-10-7-12(21-4)8-11(2)14(10)22(19,20)17(3)9-13(18)16-6-5-15/h11-12H,8-10,13H2,1-7H3,(H,21,23);7-8H,5-6,9,15H2,1-4H3,(H,16,18). The van der Waals surface area contributed by atoms with Gasteiger partial charge in [0.25, 0.3) is 0 Å². The lowest BCUT2D eigenvalue weighted by Gasteiger charge is -2.20. The molecule has 0 aliphatic rings. The number of aryl methyl sites for hydroxylation is 4. The highest BCUT2D eigenvalue weighted by Gasteiger charge is 2.28. The van der Waals surface area contributed by atoms with Crippen molar-refractivity contribution in [2.24, 2.45) is 5.73 Å². The van der Waals surface area contributed by atoms with E-state index in [-0.39, 0.29) is 47.7 Å². The average Bonchev–Trinajstić information content (AvgIpc) is 3.00. The maximum Gasteiger partial charge on any atom is 0.306 e. The van der Waals surface area contributed by atoms with Crippen LogP contribution in [0.25, 0.3) is 0 Å². The molecule has 0 fully saturated rings. The molecule has 2 aromatic carbocycles. The highest BCUT2D eigenvalue weighted by Crippen LogP contribution is 2.29. The van der Waals surface area contributed by atoms with E-state index in [0.29, 0.717) is 53.3 Å². The van der Waals surface area contributed by atoms with Crippen LogP contribution < -0.4 is 25.8 Å². The lowest BCUT2D eigenvalue weighted by molar-refractivity contribution is -0.155. The van der Waals surface area contributed by atoms with Crippen molar-refractivity contribution in [3.8, 4) is 11.5 Å². The summed E-state index contributed by atoms with van der Waals surface area (Å²) in [6.45, 7) is 12.4. The summed E-state index contributed by atoms with van der Waals surface area (Å²) in [7, 11) is -1.83. The number of sulfonamides is 2. The van der Waals surface area contributed by atoms with Gasteiger partial charge in [-0.3, -0.25) is 14.4 Å². The normalized spacial score (nSPS) is 11.8. The first-order valence-electron chi connectivity index (χ1n) is 16.2. The second-order valence-corrected chi connectivity index (χ2v) is 16.8. The first kappa shape index (κ1) is 45.3. The summed E-state index contributed by atoms with van der Waals surface area (Å²) >= 11 is 0. The third-order valence-electron chi connectivity index (χ3n) is 7.17. The second kappa shape index (κ2) is 19.7. The zero-order valence-corrected chi connectivity index (χ0v) is 33.3. The molecule has 0 unspecified atom stereocenters. The van der Waals surface area contributed by atoms with E-state index in [1.165, 1.54) is 28.3 Å². The van der Waals surface area contributed by atoms with Gasteiger partial charge < -0.3 is 30.6 Å². The Balaban J connectivity index is 0.000000530. The Bertz CT molecular complexity index is 1690. The molecule has 17 heteroatoms. The minimum atomic E-state index is -3.84. The fraction of sp³-hybridized carbons (Fsp3) is 0.559. The van der Waals surface area contributed by atoms with Crippen molar-refractivity contribution in [2.45, 2.75) is 76.7 Å². The Kier molecular flexibility index (Phi) is 17.5. The number of hydrogen-bond acceptors (Lipinski definition) is 11. The summed E-state index contributed by atoms with van der Waals surface area (Å²) in [6.07, 6.45) is 0.587. The van der Waals surface area contributed by atoms with Gasteiger partial charge in [0.1, 0.15) is 17.1 Å². The molecular weight excluding hydrogens is 703 g/mol. The SMILES string of the molecule is COc1cc(C)c(S(=O)(=O)N(C)CC(=O)NCCCC(=O)OC(C)(C)C)c(C)c1.COc1cc(C)c(S(=O)(=O)N(C)CC(=O)NCCN)c(C)c1. The number of likely N-dealkylation sites (N-methyl/N-ethyl adjacent to an activating group) is 2. The Hall–Kier alpha value is -3.77. The molecule has 51 heavy (non-hydrogen) atoms. The van der Waals surface area contributed by atoms with E-state index in [4.69, 9.17) is 19.9 Å². The van der Waals surface area contributed by atoms with E-state index in [2.05, 4.69) is 10.6 Å². The van der Waals surface area contributed by atoms with Crippen LogP contribution >= 0.6 is 0 Å². The topological polar surface area (TPSA) is 204 Å². The molecule has 0 aromatic heterocycles. The monoisotopic (exact) mass is 757 g/mol. The first-order chi connectivity index (χ1) is 23.5. The quantitative estimate of drug-likeness (QED) is 0.167. The Morgan fingerprint density at radius 2 is 1.06 bits per heavy atom. The maximum atomic E-state index is 12.9. The van der Waals surface area contributed by atoms with Crippen LogP contribution in [0.4, 0.5) is 0 Å². The molecule has 288 valence electrons. The largest absolute Gasteiger partial charge is 0.497 e. The van der Waals surface area contributed by atoms with Gasteiger partial charge in [0.2, 0.25) is 31.9 Å². The molecule has 0 saturated carbocycles. The molecule has 0 saturated heterocycles. The second-order valence-electron chi connectivity index (χ2n) is 12.9. The number of nitrogens with zero attached hydrogens (tertiary/aromatic N) is 2. The maximum absolute atomic E-state index is 12.9. The molecule has 0 aliphatic carbocycles. The van der Waals surface area contributed by atoms with E-state index < -0.39 is 31.6 Å². The third kappa shape index (κ3) is 14.1. The zero-order chi connectivity index (χ0) is 39.3. The van der Waals surface area contributed by atoms with Crippen LogP contribution in [0.5, 0.6) is 11.5 Å². The Labute approximate surface area is 303 Å². The van der Waals surface area contributed by atoms with Gasteiger partial charge in [-0.2, -0.15) is 8.61 Å². The number of ether oxygens (including phenoxy) is 3. The van der Waals surface area contributed by atoms with Crippen molar-refractivity contribution < 1.29 is 45.4 Å². The minimum absolute atomic E-state index is 0.165. The van der Waals surface area contributed by atoms with Gasteiger partial charge in [-0.1, -0.05) is 0 Å². The predicted octanol–water partition coefficient (Wildman–Crippen LogP) is 2.18. The van der Waals surface area contributed by atoms with Crippen LogP contribution in [0.15, 0.2) is 34.1 Å². The number of carbonyl (C=O) groups is 3. The van der Waals surface area contributed by atoms with Gasteiger partial charge in [-0.25, -0.2) is 16.8 Å². The van der Waals surface area contributed by atoms with Gasteiger partial charge in [0.05, 0.1) is 37.1 Å². The molecule has 4 N–H and O–H groups in total. The van der Waals surface area contributed by atoms with Gasteiger partial charge in [-0.05, 0) is 101 Å². The molecule has 2 amide bonds. The number of rotatable bonds is 16.